The second-order valence-electron chi connectivity index (χ2n) is 8.26. The zero-order valence-corrected chi connectivity index (χ0v) is 20.6. The van der Waals surface area contributed by atoms with E-state index < -0.39 is 54.1 Å². The number of carbonyl (C=O) groups excluding carboxylic acids is 1. The standard InChI is InChI=1S/C25H25F9O5/c1-2-3-4-5-6-7-14-36-18-12-13-19(21(27)20(18)26)38-22(35)16-8-10-17(11-9-16)37-15-23(28,29)39-25(33,34)24(30,31)32/h8-13H,2-7,14-15H2,1H3. The van der Waals surface area contributed by atoms with Crippen molar-refractivity contribution in [3.8, 4) is 17.2 Å². The number of ether oxygens (including phenoxy) is 4. The van der Waals surface area contributed by atoms with Crippen LogP contribution in [0, 0.1) is 11.6 Å². The molecule has 0 aromatic heterocycles. The molecule has 2 rings (SSSR count). The first-order valence-corrected chi connectivity index (χ1v) is 11.7. The molecule has 0 amide bonds. The third kappa shape index (κ3) is 9.83. The van der Waals surface area contributed by atoms with E-state index in [1.807, 2.05) is 0 Å². The lowest BCUT2D eigenvalue weighted by atomic mass is 10.1. The van der Waals surface area contributed by atoms with Gasteiger partial charge in [0.1, 0.15) is 5.75 Å². The number of esters is 1. The molecule has 0 spiro atoms. The van der Waals surface area contributed by atoms with E-state index in [9.17, 15) is 44.3 Å². The highest BCUT2D eigenvalue weighted by Crippen LogP contribution is 2.40. The second kappa shape index (κ2) is 13.8. The summed E-state index contributed by atoms with van der Waals surface area (Å²) in [4.78, 5) is 12.2. The van der Waals surface area contributed by atoms with Crippen LogP contribution in [0.5, 0.6) is 17.2 Å². The Morgan fingerprint density at radius 1 is 0.744 bits per heavy atom. The van der Waals surface area contributed by atoms with Crippen molar-refractivity contribution in [3.63, 3.8) is 0 Å². The fourth-order valence-electron chi connectivity index (χ4n) is 3.06. The van der Waals surface area contributed by atoms with Crippen LogP contribution in [0.4, 0.5) is 39.5 Å². The fourth-order valence-corrected chi connectivity index (χ4v) is 3.06. The van der Waals surface area contributed by atoms with E-state index in [2.05, 4.69) is 16.4 Å². The van der Waals surface area contributed by atoms with E-state index in [4.69, 9.17) is 9.47 Å². The first-order valence-electron chi connectivity index (χ1n) is 11.7. The van der Waals surface area contributed by atoms with Gasteiger partial charge in [-0.3, -0.25) is 0 Å². The molecule has 0 aliphatic carbocycles. The average Bonchev–Trinajstić information content (AvgIpc) is 2.85. The number of hydrogen-bond donors (Lipinski definition) is 0. The quantitative estimate of drug-likeness (QED) is 0.0929. The van der Waals surface area contributed by atoms with Crippen molar-refractivity contribution in [2.75, 3.05) is 13.2 Å². The van der Waals surface area contributed by atoms with Crippen molar-refractivity contribution < 1.29 is 63.3 Å². The molecule has 39 heavy (non-hydrogen) atoms. The topological polar surface area (TPSA) is 54.0 Å². The van der Waals surface area contributed by atoms with Gasteiger partial charge in [0.25, 0.3) is 0 Å². The number of halogens is 9. The molecule has 0 heterocycles. The monoisotopic (exact) mass is 576 g/mol. The van der Waals surface area contributed by atoms with Crippen LogP contribution in [0.25, 0.3) is 0 Å². The minimum Gasteiger partial charge on any atom is -0.490 e. The second-order valence-corrected chi connectivity index (χ2v) is 8.26. The van der Waals surface area contributed by atoms with E-state index in [-0.39, 0.29) is 17.9 Å². The van der Waals surface area contributed by atoms with Gasteiger partial charge in [0.2, 0.25) is 11.6 Å². The molecule has 0 saturated heterocycles. The molecular formula is C25H25F9O5. The summed E-state index contributed by atoms with van der Waals surface area (Å²) in [5.41, 5.74) is -0.280. The van der Waals surface area contributed by atoms with E-state index in [0.29, 0.717) is 6.42 Å². The van der Waals surface area contributed by atoms with Crippen LogP contribution >= 0.6 is 0 Å². The molecule has 0 saturated carbocycles. The number of alkyl halides is 7. The number of carbonyl (C=O) groups is 1. The highest BCUT2D eigenvalue weighted by atomic mass is 19.4. The van der Waals surface area contributed by atoms with Crippen molar-refractivity contribution >= 4 is 5.97 Å². The minimum atomic E-state index is -6.37. The van der Waals surface area contributed by atoms with Crippen molar-refractivity contribution in [1.82, 2.24) is 0 Å². The molecule has 0 fully saturated rings. The Bertz CT molecular complexity index is 1070. The highest BCUT2D eigenvalue weighted by molar-refractivity contribution is 5.91. The van der Waals surface area contributed by atoms with Crippen LogP contribution in [0.3, 0.4) is 0 Å². The summed E-state index contributed by atoms with van der Waals surface area (Å²) in [6.45, 7) is 0.237. The van der Waals surface area contributed by atoms with Gasteiger partial charge in [-0.15, -0.1) is 0 Å². The molecule has 14 heteroatoms. The number of hydrogen-bond acceptors (Lipinski definition) is 5. The van der Waals surface area contributed by atoms with Crippen molar-refractivity contribution in [2.24, 2.45) is 0 Å². The van der Waals surface area contributed by atoms with Gasteiger partial charge in [-0.05, 0) is 42.8 Å². The SMILES string of the molecule is CCCCCCCCOc1ccc(OC(=O)c2ccc(OCC(F)(F)OC(F)(F)C(F)(F)F)cc2)c(F)c1F. The molecule has 0 unspecified atom stereocenters. The maximum Gasteiger partial charge on any atom is 0.483 e. The summed E-state index contributed by atoms with van der Waals surface area (Å²) in [7, 11) is 0. The van der Waals surface area contributed by atoms with Gasteiger partial charge in [-0.1, -0.05) is 39.0 Å². The normalized spacial score (nSPS) is 12.4. The van der Waals surface area contributed by atoms with Crippen molar-refractivity contribution in [2.45, 2.75) is 63.8 Å². The zero-order valence-electron chi connectivity index (χ0n) is 20.6. The summed E-state index contributed by atoms with van der Waals surface area (Å²) in [6.07, 6.45) is -11.7. The average molecular weight is 576 g/mol. The number of unbranched alkanes of at least 4 members (excludes halogenated alkanes) is 5. The summed E-state index contributed by atoms with van der Waals surface area (Å²) >= 11 is 0. The van der Waals surface area contributed by atoms with E-state index in [0.717, 1.165) is 68.5 Å². The van der Waals surface area contributed by atoms with Crippen molar-refractivity contribution in [3.05, 3.63) is 53.6 Å². The molecule has 0 atom stereocenters. The Morgan fingerprint density at radius 2 is 1.31 bits per heavy atom. The van der Waals surface area contributed by atoms with Gasteiger partial charge in [0.05, 0.1) is 12.2 Å². The van der Waals surface area contributed by atoms with Gasteiger partial charge in [-0.2, -0.15) is 39.5 Å². The molecule has 218 valence electrons. The number of benzene rings is 2. The maximum absolute atomic E-state index is 14.4. The predicted octanol–water partition coefficient (Wildman–Crippen LogP) is 8.07. The Balaban J connectivity index is 1.91. The highest BCUT2D eigenvalue weighted by Gasteiger charge is 2.64. The van der Waals surface area contributed by atoms with Crippen LogP contribution in [-0.2, 0) is 4.74 Å². The molecular weight excluding hydrogens is 551 g/mol. The summed E-state index contributed by atoms with van der Waals surface area (Å²) in [5, 5.41) is 0. The van der Waals surface area contributed by atoms with Crippen LogP contribution in [-0.4, -0.2) is 37.6 Å². The lowest BCUT2D eigenvalue weighted by molar-refractivity contribution is -0.458. The Hall–Kier alpha value is -3.16. The lowest BCUT2D eigenvalue weighted by Gasteiger charge is -2.25. The lowest BCUT2D eigenvalue weighted by Crippen LogP contribution is -2.46. The molecule has 0 aliphatic heterocycles. The van der Waals surface area contributed by atoms with Gasteiger partial charge < -0.3 is 14.2 Å². The fraction of sp³-hybridized carbons (Fsp3) is 0.480. The summed E-state index contributed by atoms with van der Waals surface area (Å²) < 4.78 is 134. The largest absolute Gasteiger partial charge is 0.490 e. The third-order valence-corrected chi connectivity index (χ3v) is 5.07. The van der Waals surface area contributed by atoms with Crippen LogP contribution in [0.2, 0.25) is 0 Å². The van der Waals surface area contributed by atoms with Gasteiger partial charge in [0, 0.05) is 0 Å². The Morgan fingerprint density at radius 3 is 1.92 bits per heavy atom. The molecule has 5 nitrogen and oxygen atoms in total. The molecule has 2 aromatic carbocycles. The minimum absolute atomic E-state index is 0.166. The van der Waals surface area contributed by atoms with E-state index >= 15 is 0 Å². The first-order chi connectivity index (χ1) is 18.2. The smallest absolute Gasteiger partial charge is 0.483 e. The van der Waals surface area contributed by atoms with Crippen LogP contribution < -0.4 is 14.2 Å². The maximum atomic E-state index is 14.4. The zero-order chi connectivity index (χ0) is 29.3. The molecule has 2 aromatic rings. The van der Waals surface area contributed by atoms with Crippen LogP contribution in [0.1, 0.15) is 55.8 Å². The molecule has 0 radical (unpaired) electrons. The summed E-state index contributed by atoms with van der Waals surface area (Å²) in [6, 6.07) is 5.69. The Labute approximate surface area is 217 Å². The van der Waals surface area contributed by atoms with Gasteiger partial charge in [0.15, 0.2) is 18.1 Å². The Kier molecular flexibility index (Phi) is 11.3. The van der Waals surface area contributed by atoms with Crippen molar-refractivity contribution in [1.29, 1.82) is 0 Å². The van der Waals surface area contributed by atoms with Gasteiger partial charge >= 0.3 is 24.4 Å². The summed E-state index contributed by atoms with van der Waals surface area (Å²) in [5.74, 6) is -5.62. The number of rotatable bonds is 15. The van der Waals surface area contributed by atoms with Crippen LogP contribution in [0.15, 0.2) is 36.4 Å². The molecule has 0 aliphatic rings. The van der Waals surface area contributed by atoms with E-state index in [1.54, 1.807) is 0 Å². The first kappa shape index (κ1) is 32.1. The van der Waals surface area contributed by atoms with E-state index in [1.165, 1.54) is 0 Å². The molecule has 0 bridgehead atoms. The third-order valence-electron chi connectivity index (χ3n) is 5.07. The molecule has 0 N–H and O–H groups in total. The van der Waals surface area contributed by atoms with Gasteiger partial charge in [-0.25, -0.2) is 9.53 Å². The predicted molar refractivity (Wildman–Crippen MR) is 119 cm³/mol.